The van der Waals surface area contributed by atoms with Gasteiger partial charge in [-0.2, -0.15) is 0 Å². The summed E-state index contributed by atoms with van der Waals surface area (Å²) in [6, 6.07) is 6.48. The van der Waals surface area contributed by atoms with Gasteiger partial charge < -0.3 is 4.74 Å². The van der Waals surface area contributed by atoms with Gasteiger partial charge in [0.25, 0.3) is 0 Å². The molecule has 0 N–H and O–H groups in total. The highest BCUT2D eigenvalue weighted by atomic mass is 16.5. The van der Waals surface area contributed by atoms with Gasteiger partial charge in [0.15, 0.2) is 0 Å². The van der Waals surface area contributed by atoms with Gasteiger partial charge in [-0.15, -0.1) is 0 Å². The second-order valence-electron chi connectivity index (χ2n) is 3.15. The lowest BCUT2D eigenvalue weighted by molar-refractivity contribution is 0.357. The molecule has 1 aliphatic rings. The van der Waals surface area contributed by atoms with Gasteiger partial charge >= 0.3 is 0 Å². The van der Waals surface area contributed by atoms with E-state index in [1.54, 1.807) is 0 Å². The van der Waals surface area contributed by atoms with E-state index < -0.39 is 0 Å². The van der Waals surface area contributed by atoms with E-state index in [0.717, 1.165) is 25.2 Å². The topological polar surface area (TPSA) is 9.23 Å². The Morgan fingerprint density at radius 1 is 1.50 bits per heavy atom. The summed E-state index contributed by atoms with van der Waals surface area (Å²) < 4.78 is 5.42. The number of benzene rings is 1. The molecule has 12 heavy (non-hydrogen) atoms. The second-order valence-corrected chi connectivity index (χ2v) is 3.15. The molecular formula is C11H13O. The summed E-state index contributed by atoms with van der Waals surface area (Å²) in [6.45, 7) is 2.94. The fourth-order valence-electron chi connectivity index (χ4n) is 1.60. The van der Waals surface area contributed by atoms with Crippen molar-refractivity contribution < 1.29 is 4.74 Å². The van der Waals surface area contributed by atoms with Crippen LogP contribution in [0, 0.1) is 6.42 Å². The van der Waals surface area contributed by atoms with Gasteiger partial charge in [-0.3, -0.25) is 0 Å². The molecule has 1 nitrogen and oxygen atoms in total. The van der Waals surface area contributed by atoms with Crippen molar-refractivity contribution in [2.24, 2.45) is 0 Å². The fraction of sp³-hybridized carbons (Fsp3) is 0.364. The monoisotopic (exact) mass is 161 g/mol. The molecule has 0 aromatic heterocycles. The van der Waals surface area contributed by atoms with Gasteiger partial charge in [-0.05, 0) is 30.0 Å². The van der Waals surface area contributed by atoms with Crippen LogP contribution in [0.25, 0.3) is 0 Å². The van der Waals surface area contributed by atoms with Crippen molar-refractivity contribution in [2.75, 3.05) is 6.61 Å². The van der Waals surface area contributed by atoms with E-state index in [9.17, 15) is 0 Å². The number of hydrogen-bond acceptors (Lipinski definition) is 1. The summed E-state index contributed by atoms with van der Waals surface area (Å²) in [5.41, 5.74) is 2.76. The van der Waals surface area contributed by atoms with Crippen molar-refractivity contribution in [3.8, 4) is 5.75 Å². The number of hydrogen-bond donors (Lipinski definition) is 0. The van der Waals surface area contributed by atoms with Gasteiger partial charge in [-0.1, -0.05) is 19.1 Å². The molecule has 1 radical (unpaired) electrons. The largest absolute Gasteiger partial charge is 0.493 e. The van der Waals surface area contributed by atoms with E-state index in [2.05, 4.69) is 31.5 Å². The van der Waals surface area contributed by atoms with Crippen LogP contribution < -0.4 is 4.74 Å². The SMILES string of the molecule is C[CH]Cc1ccc2c(c1)CCO2. The van der Waals surface area contributed by atoms with Gasteiger partial charge in [0.2, 0.25) is 0 Å². The molecule has 0 saturated carbocycles. The third-order valence-corrected chi connectivity index (χ3v) is 2.19. The van der Waals surface area contributed by atoms with Crippen molar-refractivity contribution in [2.45, 2.75) is 19.8 Å². The van der Waals surface area contributed by atoms with Crippen molar-refractivity contribution in [1.82, 2.24) is 0 Å². The third-order valence-electron chi connectivity index (χ3n) is 2.19. The predicted octanol–water partition coefficient (Wildman–Crippen LogP) is 2.39. The first-order chi connectivity index (χ1) is 5.90. The lowest BCUT2D eigenvalue weighted by Gasteiger charge is -2.01. The van der Waals surface area contributed by atoms with Crippen LogP contribution in [-0.2, 0) is 12.8 Å². The highest BCUT2D eigenvalue weighted by molar-refractivity contribution is 5.40. The molecule has 63 valence electrons. The van der Waals surface area contributed by atoms with Crippen LogP contribution in [0.1, 0.15) is 18.1 Å². The Morgan fingerprint density at radius 3 is 3.25 bits per heavy atom. The van der Waals surface area contributed by atoms with Crippen molar-refractivity contribution >= 4 is 0 Å². The summed E-state index contributed by atoms with van der Waals surface area (Å²) in [5, 5.41) is 0. The van der Waals surface area contributed by atoms with Crippen molar-refractivity contribution in [3.63, 3.8) is 0 Å². The summed E-state index contributed by atoms with van der Waals surface area (Å²) in [5.74, 6) is 1.08. The minimum Gasteiger partial charge on any atom is -0.493 e. The lowest BCUT2D eigenvalue weighted by atomic mass is 10.1. The quantitative estimate of drug-likeness (QED) is 0.647. The third kappa shape index (κ3) is 1.31. The van der Waals surface area contributed by atoms with Crippen LogP contribution in [0.2, 0.25) is 0 Å². The highest BCUT2D eigenvalue weighted by Crippen LogP contribution is 2.25. The zero-order valence-corrected chi connectivity index (χ0v) is 7.34. The zero-order valence-electron chi connectivity index (χ0n) is 7.34. The lowest BCUT2D eigenvalue weighted by Crippen LogP contribution is -1.85. The Balaban J connectivity index is 2.26. The predicted molar refractivity (Wildman–Crippen MR) is 49.3 cm³/mol. The molecular weight excluding hydrogens is 148 g/mol. The van der Waals surface area contributed by atoms with Gasteiger partial charge in [-0.25, -0.2) is 0 Å². The number of ether oxygens (including phenoxy) is 1. The van der Waals surface area contributed by atoms with Gasteiger partial charge in [0, 0.05) is 6.42 Å². The molecule has 0 bridgehead atoms. The Kier molecular flexibility index (Phi) is 2.03. The molecule has 0 saturated heterocycles. The number of rotatable bonds is 2. The van der Waals surface area contributed by atoms with Gasteiger partial charge in [0.1, 0.15) is 5.75 Å². The molecule has 0 aliphatic carbocycles. The van der Waals surface area contributed by atoms with Crippen LogP contribution in [0.5, 0.6) is 5.75 Å². The van der Waals surface area contributed by atoms with E-state index in [1.165, 1.54) is 11.1 Å². The molecule has 1 aromatic carbocycles. The maximum absolute atomic E-state index is 5.42. The standard InChI is InChI=1S/C11H13O/c1-2-3-9-4-5-11-10(8-9)6-7-12-11/h2,4-5,8H,3,6-7H2,1H3. The van der Waals surface area contributed by atoms with E-state index in [4.69, 9.17) is 4.74 Å². The molecule has 0 atom stereocenters. The minimum atomic E-state index is 0.856. The summed E-state index contributed by atoms with van der Waals surface area (Å²) in [6.07, 6.45) is 4.32. The van der Waals surface area contributed by atoms with Crippen LogP contribution in [0.3, 0.4) is 0 Å². The summed E-state index contributed by atoms with van der Waals surface area (Å²) in [4.78, 5) is 0. The average molecular weight is 161 g/mol. The maximum Gasteiger partial charge on any atom is 0.122 e. The smallest absolute Gasteiger partial charge is 0.122 e. The molecule has 0 amide bonds. The molecule has 1 aliphatic heterocycles. The second kappa shape index (κ2) is 3.18. The molecule has 0 spiro atoms. The molecule has 0 fully saturated rings. The Labute approximate surface area is 73.4 Å². The first-order valence-electron chi connectivity index (χ1n) is 4.42. The fourth-order valence-corrected chi connectivity index (χ4v) is 1.60. The first kappa shape index (κ1) is 7.66. The van der Waals surface area contributed by atoms with E-state index in [1.807, 2.05) is 0 Å². The molecule has 2 rings (SSSR count). The highest BCUT2D eigenvalue weighted by Gasteiger charge is 2.11. The maximum atomic E-state index is 5.42. The molecule has 1 heterocycles. The number of fused-ring (bicyclic) bond motifs is 1. The molecule has 1 aromatic rings. The van der Waals surface area contributed by atoms with Crippen LogP contribution in [0.4, 0.5) is 0 Å². The van der Waals surface area contributed by atoms with Crippen LogP contribution in [0.15, 0.2) is 18.2 Å². The average Bonchev–Trinajstić information content (AvgIpc) is 2.51. The van der Waals surface area contributed by atoms with Crippen LogP contribution >= 0.6 is 0 Å². The zero-order chi connectivity index (χ0) is 8.39. The Morgan fingerprint density at radius 2 is 2.42 bits per heavy atom. The first-order valence-corrected chi connectivity index (χ1v) is 4.42. The van der Waals surface area contributed by atoms with Crippen molar-refractivity contribution in [1.29, 1.82) is 0 Å². The minimum absolute atomic E-state index is 0.856. The molecule has 0 unspecified atom stereocenters. The van der Waals surface area contributed by atoms with Crippen molar-refractivity contribution in [3.05, 3.63) is 35.7 Å². The van der Waals surface area contributed by atoms with E-state index in [0.29, 0.717) is 0 Å². The summed E-state index contributed by atoms with van der Waals surface area (Å²) >= 11 is 0. The Bertz CT molecular complexity index is 278. The van der Waals surface area contributed by atoms with Gasteiger partial charge in [0.05, 0.1) is 6.61 Å². The summed E-state index contributed by atoms with van der Waals surface area (Å²) in [7, 11) is 0. The Hall–Kier alpha value is -0.980. The van der Waals surface area contributed by atoms with E-state index >= 15 is 0 Å². The normalized spacial score (nSPS) is 14.1. The van der Waals surface area contributed by atoms with E-state index in [-0.39, 0.29) is 0 Å². The molecule has 1 heteroatoms. The van der Waals surface area contributed by atoms with Crippen LogP contribution in [-0.4, -0.2) is 6.61 Å².